The Balaban J connectivity index is 1.18. The van der Waals surface area contributed by atoms with Crippen LogP contribution in [-0.4, -0.2) is 69.5 Å². The average Bonchev–Trinajstić information content (AvgIpc) is 3.60. The fourth-order valence-electron chi connectivity index (χ4n) is 6.93. The molecule has 0 unspecified atom stereocenters. The molecule has 14 heteroatoms. The van der Waals surface area contributed by atoms with E-state index in [1.54, 1.807) is 45.9 Å². The Hall–Kier alpha value is -5.37. The quantitative estimate of drug-likeness (QED) is 0.250. The molecule has 2 aliphatic rings. The maximum absolute atomic E-state index is 15.9. The van der Waals surface area contributed by atoms with Gasteiger partial charge in [0.15, 0.2) is 11.6 Å². The summed E-state index contributed by atoms with van der Waals surface area (Å²) in [7, 11) is 0. The zero-order valence-electron chi connectivity index (χ0n) is 26.7. The van der Waals surface area contributed by atoms with E-state index in [9.17, 15) is 19.5 Å². The number of nitrogen functional groups attached to an aromatic ring is 1. The molecule has 48 heavy (non-hydrogen) atoms. The van der Waals surface area contributed by atoms with Gasteiger partial charge in [-0.15, -0.1) is 0 Å². The molecule has 1 fully saturated rings. The Bertz CT molecular complexity index is 2100. The van der Waals surface area contributed by atoms with Gasteiger partial charge in [-0.3, -0.25) is 19.1 Å². The van der Waals surface area contributed by atoms with Crippen LogP contribution in [0.5, 0.6) is 0 Å². The molecule has 0 bridgehead atoms. The lowest BCUT2D eigenvalue weighted by Gasteiger charge is -2.35. The molecule has 1 aromatic carbocycles. The second kappa shape index (κ2) is 12.0. The number of anilines is 2. The molecular formula is C34H36FN9O4. The number of likely N-dealkylation sites (tertiary alicyclic amines) is 1. The van der Waals surface area contributed by atoms with Crippen molar-refractivity contribution in [2.24, 2.45) is 0 Å². The fraction of sp³-hybridized carbons (Fsp3) is 0.353. The summed E-state index contributed by atoms with van der Waals surface area (Å²) in [5, 5.41) is 17.3. The largest absolute Gasteiger partial charge is 0.382 e. The van der Waals surface area contributed by atoms with Gasteiger partial charge in [0.25, 0.3) is 17.4 Å². The van der Waals surface area contributed by atoms with Crippen LogP contribution in [0.4, 0.5) is 15.9 Å². The van der Waals surface area contributed by atoms with E-state index >= 15 is 4.39 Å². The predicted octanol–water partition coefficient (Wildman–Crippen LogP) is 3.53. The molecule has 7 rings (SSSR count). The lowest BCUT2D eigenvalue weighted by Crippen LogP contribution is -2.48. The first-order valence-electron chi connectivity index (χ1n) is 16.0. The van der Waals surface area contributed by atoms with Crippen molar-refractivity contribution in [3.63, 3.8) is 0 Å². The van der Waals surface area contributed by atoms with Gasteiger partial charge in [0.05, 0.1) is 5.69 Å². The number of nitrogens with zero attached hydrogens (tertiary/aromatic N) is 7. The number of piperidine rings is 1. The topological polar surface area (TPSA) is 166 Å². The third kappa shape index (κ3) is 5.41. The number of nitrogens with two attached hydrogens (primary N) is 1. The molecule has 2 amide bonds. The normalized spacial score (nSPS) is 15.5. The average molecular weight is 654 g/mol. The lowest BCUT2D eigenvalue weighted by molar-refractivity contribution is -0.148. The Labute approximate surface area is 274 Å². The Morgan fingerprint density at radius 3 is 2.54 bits per heavy atom. The van der Waals surface area contributed by atoms with Crippen molar-refractivity contribution in [3.05, 3.63) is 88.1 Å². The van der Waals surface area contributed by atoms with Gasteiger partial charge in [-0.25, -0.2) is 18.9 Å². The van der Waals surface area contributed by atoms with E-state index in [2.05, 4.69) is 20.4 Å². The second-order valence-electron chi connectivity index (χ2n) is 12.9. The third-order valence-electron chi connectivity index (χ3n) is 9.23. The summed E-state index contributed by atoms with van der Waals surface area (Å²) in [6, 6.07) is 11.5. The van der Waals surface area contributed by atoms with E-state index < -0.39 is 22.9 Å². The van der Waals surface area contributed by atoms with E-state index in [0.29, 0.717) is 61.5 Å². The van der Waals surface area contributed by atoms with Crippen molar-refractivity contribution < 1.29 is 19.1 Å². The van der Waals surface area contributed by atoms with Crippen molar-refractivity contribution >= 4 is 28.8 Å². The summed E-state index contributed by atoms with van der Waals surface area (Å²) < 4.78 is 20.9. The van der Waals surface area contributed by atoms with E-state index in [1.165, 1.54) is 30.9 Å². The SMILES string of the molecule is CC(C)(O)C(=O)N1CCC(c2cc(-c3ccc(NC(=O)c4c5n(n(-c6ccccn6)c4=O)CCCC5)cc3F)c3c(N)ncnn23)CC1. The fourth-order valence-corrected chi connectivity index (χ4v) is 6.93. The summed E-state index contributed by atoms with van der Waals surface area (Å²) in [4.78, 5) is 49.9. The van der Waals surface area contributed by atoms with Crippen molar-refractivity contribution in [2.45, 2.75) is 64.0 Å². The Kier molecular flexibility index (Phi) is 7.82. The number of pyridine rings is 1. The molecule has 6 heterocycles. The number of benzene rings is 1. The molecule has 4 aromatic heterocycles. The lowest BCUT2D eigenvalue weighted by atomic mass is 9.92. The molecule has 1 saturated heterocycles. The van der Waals surface area contributed by atoms with Gasteiger partial charge in [-0.05, 0) is 82.3 Å². The molecule has 0 spiro atoms. The molecule has 0 saturated carbocycles. The Morgan fingerprint density at radius 2 is 1.83 bits per heavy atom. The van der Waals surface area contributed by atoms with Gasteiger partial charge in [-0.2, -0.15) is 9.78 Å². The number of carbonyl (C=O) groups excluding carboxylic acids is 2. The summed E-state index contributed by atoms with van der Waals surface area (Å²) in [6.07, 6.45) is 6.46. The summed E-state index contributed by atoms with van der Waals surface area (Å²) in [5.41, 5.74) is 7.22. The van der Waals surface area contributed by atoms with Crippen LogP contribution in [0.3, 0.4) is 0 Å². The molecule has 0 atom stereocenters. The molecule has 13 nitrogen and oxygen atoms in total. The highest BCUT2D eigenvalue weighted by atomic mass is 19.1. The minimum absolute atomic E-state index is 0.00324. The number of hydrogen-bond donors (Lipinski definition) is 3. The first-order chi connectivity index (χ1) is 23.0. The minimum atomic E-state index is -1.45. The highest BCUT2D eigenvalue weighted by Crippen LogP contribution is 2.38. The van der Waals surface area contributed by atoms with Crippen molar-refractivity contribution in [2.75, 3.05) is 24.1 Å². The van der Waals surface area contributed by atoms with Gasteiger partial charge >= 0.3 is 0 Å². The smallest absolute Gasteiger partial charge is 0.285 e. The molecule has 248 valence electrons. The van der Waals surface area contributed by atoms with Crippen LogP contribution in [0, 0.1) is 5.82 Å². The van der Waals surface area contributed by atoms with Crippen LogP contribution in [0.15, 0.2) is 59.8 Å². The van der Waals surface area contributed by atoms with Crippen molar-refractivity contribution in [3.8, 4) is 16.9 Å². The first-order valence-corrected chi connectivity index (χ1v) is 16.0. The standard InChI is InChI=1S/C34H36FN9O4/c1-34(2,48)33(47)41-15-11-20(12-16-41)26-18-23(29-30(36)38-19-39-43(26)29)22-10-9-21(17-24(22)35)40-31(45)28-25-7-4-6-14-42(25)44(32(28)46)27-8-3-5-13-37-27/h3,5,8-10,13,17-20,48H,4,6-7,11-12,14-16H2,1-2H3,(H,40,45)(H2,36,38,39). The summed E-state index contributed by atoms with van der Waals surface area (Å²) in [6.45, 7) is 4.45. The molecule has 2 aliphatic heterocycles. The van der Waals surface area contributed by atoms with Crippen LogP contribution in [-0.2, 0) is 17.8 Å². The Morgan fingerprint density at radius 1 is 1.04 bits per heavy atom. The highest BCUT2D eigenvalue weighted by Gasteiger charge is 2.34. The van der Waals surface area contributed by atoms with Crippen LogP contribution in [0.1, 0.15) is 67.2 Å². The molecule has 0 aliphatic carbocycles. The van der Waals surface area contributed by atoms with Crippen LogP contribution in [0.2, 0.25) is 0 Å². The first kappa shape index (κ1) is 31.2. The van der Waals surface area contributed by atoms with Gasteiger partial charge in [0, 0.05) is 54.3 Å². The number of aliphatic hydroxyl groups is 1. The zero-order chi connectivity index (χ0) is 33.7. The number of carbonyl (C=O) groups is 2. The predicted molar refractivity (Wildman–Crippen MR) is 176 cm³/mol. The van der Waals surface area contributed by atoms with Gasteiger partial charge in [0.2, 0.25) is 0 Å². The highest BCUT2D eigenvalue weighted by molar-refractivity contribution is 6.05. The molecule has 0 radical (unpaired) electrons. The number of hydrogen-bond acceptors (Lipinski definition) is 8. The van der Waals surface area contributed by atoms with Crippen LogP contribution >= 0.6 is 0 Å². The number of fused-ring (bicyclic) bond motifs is 2. The maximum Gasteiger partial charge on any atom is 0.285 e. The van der Waals surface area contributed by atoms with E-state index in [1.807, 2.05) is 10.7 Å². The van der Waals surface area contributed by atoms with Crippen LogP contribution < -0.4 is 16.6 Å². The summed E-state index contributed by atoms with van der Waals surface area (Å²) in [5.74, 6) is -0.937. The monoisotopic (exact) mass is 653 g/mol. The van der Waals surface area contributed by atoms with Gasteiger partial charge < -0.3 is 21.1 Å². The van der Waals surface area contributed by atoms with E-state index in [-0.39, 0.29) is 34.5 Å². The molecule has 4 N–H and O–H groups in total. The maximum atomic E-state index is 15.9. The number of nitrogens with one attached hydrogen (secondary N) is 1. The third-order valence-corrected chi connectivity index (χ3v) is 9.23. The molecular weight excluding hydrogens is 617 g/mol. The minimum Gasteiger partial charge on any atom is -0.382 e. The number of amides is 2. The van der Waals surface area contributed by atoms with E-state index in [4.69, 9.17) is 5.73 Å². The van der Waals surface area contributed by atoms with E-state index in [0.717, 1.165) is 18.5 Å². The molecule has 5 aromatic rings. The van der Waals surface area contributed by atoms with Crippen molar-refractivity contribution in [1.82, 2.24) is 33.8 Å². The van der Waals surface area contributed by atoms with Gasteiger partial charge in [0.1, 0.15) is 28.8 Å². The number of aromatic nitrogens is 6. The summed E-state index contributed by atoms with van der Waals surface area (Å²) >= 11 is 0. The second-order valence-corrected chi connectivity index (χ2v) is 12.9. The number of halogens is 1. The zero-order valence-corrected chi connectivity index (χ0v) is 26.7. The number of rotatable bonds is 6. The van der Waals surface area contributed by atoms with Gasteiger partial charge in [-0.1, -0.05) is 6.07 Å². The van der Waals surface area contributed by atoms with Crippen LogP contribution in [0.25, 0.3) is 22.5 Å². The van der Waals surface area contributed by atoms with Crippen molar-refractivity contribution in [1.29, 1.82) is 0 Å².